The van der Waals surface area contributed by atoms with Gasteiger partial charge in [-0.05, 0) is 69.1 Å². The molecular formula is C26H50. The lowest BCUT2D eigenvalue weighted by Crippen LogP contribution is -2.17. The van der Waals surface area contributed by atoms with Gasteiger partial charge in [0.1, 0.15) is 0 Å². The summed E-state index contributed by atoms with van der Waals surface area (Å²) in [5.74, 6) is 3.43. The molecule has 4 unspecified atom stereocenters. The zero-order valence-corrected chi connectivity index (χ0v) is 19.1. The predicted octanol–water partition coefficient (Wildman–Crippen LogP) is 9.36. The third-order valence-electron chi connectivity index (χ3n) is 6.04. The van der Waals surface area contributed by atoms with Crippen molar-refractivity contribution >= 4 is 0 Å². The lowest BCUT2D eigenvalue weighted by Gasteiger charge is -2.29. The van der Waals surface area contributed by atoms with E-state index in [9.17, 15) is 0 Å². The molecule has 0 aromatic rings. The van der Waals surface area contributed by atoms with Crippen molar-refractivity contribution < 1.29 is 0 Å². The molecule has 0 saturated heterocycles. The molecule has 0 radical (unpaired) electrons. The van der Waals surface area contributed by atoms with Gasteiger partial charge in [-0.25, -0.2) is 0 Å². The first kappa shape index (κ1) is 25.5. The Morgan fingerprint density at radius 2 is 1.58 bits per heavy atom. The van der Waals surface area contributed by atoms with Crippen LogP contribution in [0.3, 0.4) is 0 Å². The van der Waals surface area contributed by atoms with Crippen molar-refractivity contribution in [1.29, 1.82) is 0 Å². The van der Waals surface area contributed by atoms with Crippen LogP contribution in [0.25, 0.3) is 0 Å². The Morgan fingerprint density at radius 3 is 2.15 bits per heavy atom. The molecule has 0 rings (SSSR count). The Balaban J connectivity index is 4.78. The molecule has 0 aromatic heterocycles. The van der Waals surface area contributed by atoms with Crippen LogP contribution in [0.4, 0.5) is 0 Å². The fourth-order valence-corrected chi connectivity index (χ4v) is 4.30. The van der Waals surface area contributed by atoms with E-state index in [0.29, 0.717) is 0 Å². The first-order valence-corrected chi connectivity index (χ1v) is 11.9. The summed E-state index contributed by atoms with van der Waals surface area (Å²) in [5.41, 5.74) is 0. The summed E-state index contributed by atoms with van der Waals surface area (Å²) in [6.45, 7) is 14.0. The quantitative estimate of drug-likeness (QED) is 0.226. The second-order valence-corrected chi connectivity index (χ2v) is 8.57. The van der Waals surface area contributed by atoms with E-state index in [1.54, 1.807) is 0 Å². The van der Waals surface area contributed by atoms with Crippen molar-refractivity contribution in [2.75, 3.05) is 0 Å². The van der Waals surface area contributed by atoms with Gasteiger partial charge in [0.15, 0.2) is 0 Å². The summed E-state index contributed by atoms with van der Waals surface area (Å²) in [4.78, 5) is 0. The highest BCUT2D eigenvalue weighted by atomic mass is 14.3. The van der Waals surface area contributed by atoms with Crippen molar-refractivity contribution in [3.63, 3.8) is 0 Å². The van der Waals surface area contributed by atoms with Crippen molar-refractivity contribution in [3.05, 3.63) is 24.3 Å². The van der Waals surface area contributed by atoms with E-state index in [1.807, 2.05) is 0 Å². The average molecular weight is 363 g/mol. The Kier molecular flexibility index (Phi) is 17.5. The zero-order valence-electron chi connectivity index (χ0n) is 19.1. The summed E-state index contributed by atoms with van der Waals surface area (Å²) in [6.07, 6.45) is 25.9. The molecular weight excluding hydrogens is 312 g/mol. The summed E-state index contributed by atoms with van der Waals surface area (Å²) in [6, 6.07) is 0. The summed E-state index contributed by atoms with van der Waals surface area (Å²) in [7, 11) is 0. The van der Waals surface area contributed by atoms with E-state index >= 15 is 0 Å². The highest BCUT2D eigenvalue weighted by Crippen LogP contribution is 2.33. The van der Waals surface area contributed by atoms with E-state index in [2.05, 4.69) is 65.8 Å². The number of unbranched alkanes of at least 4 members (excludes halogenated alkanes) is 2. The summed E-state index contributed by atoms with van der Waals surface area (Å²) in [5, 5.41) is 0. The van der Waals surface area contributed by atoms with Crippen LogP contribution in [0.5, 0.6) is 0 Å². The molecule has 0 aliphatic heterocycles. The topological polar surface area (TPSA) is 0 Å². The minimum atomic E-state index is 0.793. The van der Waals surface area contributed by atoms with Gasteiger partial charge in [-0.15, -0.1) is 0 Å². The van der Waals surface area contributed by atoms with E-state index < -0.39 is 0 Å². The van der Waals surface area contributed by atoms with Gasteiger partial charge in [-0.3, -0.25) is 0 Å². The molecule has 0 heteroatoms. The summed E-state index contributed by atoms with van der Waals surface area (Å²) < 4.78 is 0. The van der Waals surface area contributed by atoms with Gasteiger partial charge in [-0.2, -0.15) is 0 Å². The minimum Gasteiger partial charge on any atom is -0.0914 e. The Morgan fingerprint density at radius 1 is 0.808 bits per heavy atom. The third kappa shape index (κ3) is 12.8. The molecule has 0 aromatic carbocycles. The van der Waals surface area contributed by atoms with Crippen molar-refractivity contribution in [2.24, 2.45) is 23.7 Å². The highest BCUT2D eigenvalue weighted by molar-refractivity contribution is 4.91. The lowest BCUT2D eigenvalue weighted by atomic mass is 9.77. The van der Waals surface area contributed by atoms with Crippen LogP contribution < -0.4 is 0 Å². The smallest absolute Gasteiger partial charge is 0.0203 e. The standard InChI is InChI=1S/C26H50/c1-7-12-14-15-18-24(11-5)20-21-25(19-13-8-2)26(17-10-4)22-23(6)16-9-3/h10,14-15,17,23-26H,7-9,11-13,16,18-22H2,1-6H3. The summed E-state index contributed by atoms with van der Waals surface area (Å²) >= 11 is 0. The molecule has 4 atom stereocenters. The maximum atomic E-state index is 2.54. The molecule has 0 aliphatic rings. The van der Waals surface area contributed by atoms with E-state index in [-0.39, 0.29) is 0 Å². The van der Waals surface area contributed by atoms with E-state index in [4.69, 9.17) is 0 Å². The fourth-order valence-electron chi connectivity index (χ4n) is 4.30. The normalized spacial score (nSPS) is 17.0. The van der Waals surface area contributed by atoms with Gasteiger partial charge in [0.2, 0.25) is 0 Å². The van der Waals surface area contributed by atoms with Crippen LogP contribution >= 0.6 is 0 Å². The molecule has 0 N–H and O–H groups in total. The Labute approximate surface area is 166 Å². The van der Waals surface area contributed by atoms with Gasteiger partial charge in [0, 0.05) is 0 Å². The first-order valence-electron chi connectivity index (χ1n) is 11.9. The van der Waals surface area contributed by atoms with E-state index in [1.165, 1.54) is 77.0 Å². The third-order valence-corrected chi connectivity index (χ3v) is 6.04. The average Bonchev–Trinajstić information content (AvgIpc) is 2.63. The second-order valence-electron chi connectivity index (χ2n) is 8.57. The van der Waals surface area contributed by atoms with Gasteiger partial charge >= 0.3 is 0 Å². The minimum absolute atomic E-state index is 0.793. The predicted molar refractivity (Wildman–Crippen MR) is 122 cm³/mol. The van der Waals surface area contributed by atoms with Crippen LogP contribution in [0.2, 0.25) is 0 Å². The fraction of sp³-hybridized carbons (Fsp3) is 0.846. The van der Waals surface area contributed by atoms with Crippen molar-refractivity contribution in [2.45, 2.75) is 119 Å². The highest BCUT2D eigenvalue weighted by Gasteiger charge is 2.21. The van der Waals surface area contributed by atoms with Crippen LogP contribution in [0, 0.1) is 23.7 Å². The van der Waals surface area contributed by atoms with Gasteiger partial charge in [-0.1, -0.05) is 97.4 Å². The molecule has 0 spiro atoms. The maximum Gasteiger partial charge on any atom is -0.0203 e. The first-order chi connectivity index (χ1) is 12.6. The van der Waals surface area contributed by atoms with Crippen LogP contribution in [-0.4, -0.2) is 0 Å². The molecule has 26 heavy (non-hydrogen) atoms. The van der Waals surface area contributed by atoms with Crippen LogP contribution in [0.1, 0.15) is 119 Å². The molecule has 0 fully saturated rings. The van der Waals surface area contributed by atoms with Crippen molar-refractivity contribution in [1.82, 2.24) is 0 Å². The van der Waals surface area contributed by atoms with Gasteiger partial charge in [0.25, 0.3) is 0 Å². The molecule has 0 bridgehead atoms. The Bertz CT molecular complexity index is 338. The molecule has 154 valence electrons. The van der Waals surface area contributed by atoms with E-state index in [0.717, 1.165) is 23.7 Å². The second kappa shape index (κ2) is 17.9. The number of hydrogen-bond acceptors (Lipinski definition) is 0. The molecule has 0 aliphatic carbocycles. The number of hydrogen-bond donors (Lipinski definition) is 0. The Hall–Kier alpha value is -0.520. The number of allylic oxidation sites excluding steroid dienone is 4. The zero-order chi connectivity index (χ0) is 19.6. The lowest BCUT2D eigenvalue weighted by molar-refractivity contribution is 0.261. The van der Waals surface area contributed by atoms with Crippen LogP contribution in [0.15, 0.2) is 24.3 Å². The molecule has 0 nitrogen and oxygen atoms in total. The molecule has 0 heterocycles. The molecule has 0 amide bonds. The maximum absolute atomic E-state index is 2.54. The monoisotopic (exact) mass is 362 g/mol. The van der Waals surface area contributed by atoms with Gasteiger partial charge in [0.05, 0.1) is 0 Å². The largest absolute Gasteiger partial charge is 0.0914 e. The molecule has 0 saturated carbocycles. The van der Waals surface area contributed by atoms with Gasteiger partial charge < -0.3 is 0 Å². The van der Waals surface area contributed by atoms with Crippen LogP contribution in [-0.2, 0) is 0 Å². The SMILES string of the molecule is CC=CC(CC(C)CCC)C(CCCC)CCC(CC)CC=CCCC. The number of rotatable bonds is 17. The van der Waals surface area contributed by atoms with Crippen molar-refractivity contribution in [3.8, 4) is 0 Å².